The van der Waals surface area contributed by atoms with Gasteiger partial charge in [-0.15, -0.1) is 10.2 Å². The molecule has 134 valence electrons. The third-order valence-electron chi connectivity index (χ3n) is 4.68. The van der Waals surface area contributed by atoms with E-state index in [-0.39, 0.29) is 29.4 Å². The van der Waals surface area contributed by atoms with E-state index in [1.165, 1.54) is 7.11 Å². The molecule has 3 N–H and O–H groups in total. The van der Waals surface area contributed by atoms with Crippen LogP contribution in [0.1, 0.15) is 31.2 Å². The van der Waals surface area contributed by atoms with Crippen molar-refractivity contribution in [2.45, 2.75) is 25.7 Å². The summed E-state index contributed by atoms with van der Waals surface area (Å²) in [5.74, 6) is 6.80. The fourth-order valence-electron chi connectivity index (χ4n) is 3.14. The highest BCUT2D eigenvalue weighted by molar-refractivity contribution is 5.72. The van der Waals surface area contributed by atoms with Crippen molar-refractivity contribution in [1.82, 2.24) is 10.2 Å². The van der Waals surface area contributed by atoms with E-state index in [1.807, 2.05) is 6.07 Å². The molecule has 26 heavy (non-hydrogen) atoms. The number of nitrogen functional groups attached to an aromatic ring is 1. The Morgan fingerprint density at radius 3 is 2.65 bits per heavy atom. The number of hydrogen-bond donors (Lipinski definition) is 2. The number of ether oxygens (including phenoxy) is 1. The number of aromatic nitrogens is 2. The van der Waals surface area contributed by atoms with Crippen molar-refractivity contribution in [3.63, 3.8) is 0 Å². The molecule has 0 aliphatic heterocycles. The van der Waals surface area contributed by atoms with Crippen LogP contribution >= 0.6 is 0 Å². The van der Waals surface area contributed by atoms with Crippen molar-refractivity contribution in [1.29, 1.82) is 0 Å². The topological polar surface area (TPSA) is 98.3 Å². The van der Waals surface area contributed by atoms with Crippen molar-refractivity contribution in [3.05, 3.63) is 35.9 Å². The molecule has 0 atom stereocenters. The van der Waals surface area contributed by atoms with Crippen LogP contribution in [0.15, 0.2) is 30.3 Å². The molecule has 0 radical (unpaired) electrons. The molecular formula is C20H21N3O3. The summed E-state index contributed by atoms with van der Waals surface area (Å²) in [5, 5.41) is 18.0. The van der Waals surface area contributed by atoms with Crippen LogP contribution in [0.4, 0.5) is 5.82 Å². The van der Waals surface area contributed by atoms with E-state index in [0.29, 0.717) is 16.8 Å². The number of aromatic hydroxyl groups is 1. The van der Waals surface area contributed by atoms with E-state index in [9.17, 15) is 9.90 Å². The smallest absolute Gasteiger partial charge is 0.308 e. The lowest BCUT2D eigenvalue weighted by Crippen LogP contribution is -2.22. The first-order valence-electron chi connectivity index (χ1n) is 8.59. The standard InChI is InChI=1S/C20H21N3O3/c1-26-20(25)14-9-6-13(7-10-14)8-11-15-12-17(22-23-19(15)21)16-4-2-3-5-18(16)24/h2-5,12-14,24H,6-7,9-10H2,1H3,(H2,21,23). The molecule has 6 nitrogen and oxygen atoms in total. The zero-order valence-electron chi connectivity index (χ0n) is 14.6. The number of nitrogens with two attached hydrogens (primary N) is 1. The summed E-state index contributed by atoms with van der Waals surface area (Å²) in [6, 6.07) is 8.66. The number of phenolic OH excluding ortho intramolecular Hbond substituents is 1. The first kappa shape index (κ1) is 17.7. The van der Waals surface area contributed by atoms with Crippen LogP contribution in [0, 0.1) is 23.7 Å². The van der Waals surface area contributed by atoms with E-state index in [2.05, 4.69) is 22.0 Å². The van der Waals surface area contributed by atoms with Gasteiger partial charge in [-0.3, -0.25) is 4.79 Å². The first-order chi connectivity index (χ1) is 12.6. The number of phenols is 1. The molecule has 1 aromatic carbocycles. The van der Waals surface area contributed by atoms with Gasteiger partial charge in [0.05, 0.1) is 24.3 Å². The number of anilines is 1. The molecule has 0 spiro atoms. The maximum absolute atomic E-state index is 11.6. The molecule has 1 aromatic heterocycles. The van der Waals surface area contributed by atoms with Crippen molar-refractivity contribution >= 4 is 11.8 Å². The number of carbonyl (C=O) groups excluding carboxylic acids is 1. The maximum Gasteiger partial charge on any atom is 0.308 e. The zero-order valence-corrected chi connectivity index (χ0v) is 14.6. The molecule has 0 amide bonds. The van der Waals surface area contributed by atoms with Gasteiger partial charge in [0.1, 0.15) is 5.75 Å². The van der Waals surface area contributed by atoms with Crippen molar-refractivity contribution in [3.8, 4) is 28.8 Å². The van der Waals surface area contributed by atoms with Gasteiger partial charge in [-0.25, -0.2) is 0 Å². The molecule has 0 unspecified atom stereocenters. The summed E-state index contributed by atoms with van der Waals surface area (Å²) in [7, 11) is 1.43. The van der Waals surface area contributed by atoms with Gasteiger partial charge in [-0.2, -0.15) is 0 Å². The number of esters is 1. The summed E-state index contributed by atoms with van der Waals surface area (Å²) < 4.78 is 4.81. The minimum absolute atomic E-state index is 0.0154. The second-order valence-electron chi connectivity index (χ2n) is 6.39. The molecule has 3 rings (SSSR count). The zero-order chi connectivity index (χ0) is 18.5. The van der Waals surface area contributed by atoms with Crippen molar-refractivity contribution in [2.75, 3.05) is 12.8 Å². The van der Waals surface area contributed by atoms with Gasteiger partial charge in [0.25, 0.3) is 0 Å². The molecule has 1 saturated carbocycles. The number of methoxy groups -OCH3 is 1. The summed E-state index contributed by atoms with van der Waals surface area (Å²) in [6.07, 6.45) is 3.30. The SMILES string of the molecule is COC(=O)C1CCC(C#Cc2cc(-c3ccccc3O)nnc2N)CC1. The Morgan fingerprint density at radius 2 is 1.96 bits per heavy atom. The normalized spacial score (nSPS) is 19.3. The second kappa shape index (κ2) is 7.87. The lowest BCUT2D eigenvalue weighted by molar-refractivity contribution is -0.146. The number of rotatable bonds is 2. The average molecular weight is 351 g/mol. The Bertz CT molecular complexity index is 862. The fourth-order valence-corrected chi connectivity index (χ4v) is 3.14. The Hall–Kier alpha value is -3.07. The van der Waals surface area contributed by atoms with Crippen LogP contribution in [0.5, 0.6) is 5.75 Å². The average Bonchev–Trinajstić information content (AvgIpc) is 2.67. The van der Waals surface area contributed by atoms with Gasteiger partial charge in [-0.1, -0.05) is 24.0 Å². The van der Waals surface area contributed by atoms with Gasteiger partial charge in [0, 0.05) is 11.5 Å². The highest BCUT2D eigenvalue weighted by Gasteiger charge is 2.25. The third kappa shape index (κ3) is 3.94. The highest BCUT2D eigenvalue weighted by Crippen LogP contribution is 2.30. The number of carbonyl (C=O) groups is 1. The summed E-state index contributed by atoms with van der Waals surface area (Å²) in [5.41, 5.74) is 7.60. The lowest BCUT2D eigenvalue weighted by atomic mass is 9.82. The maximum atomic E-state index is 11.6. The highest BCUT2D eigenvalue weighted by atomic mass is 16.5. The van der Waals surface area contributed by atoms with E-state index >= 15 is 0 Å². The van der Waals surface area contributed by atoms with Gasteiger partial charge in [0.15, 0.2) is 5.82 Å². The van der Waals surface area contributed by atoms with E-state index < -0.39 is 0 Å². The Morgan fingerprint density at radius 1 is 1.23 bits per heavy atom. The molecule has 2 aromatic rings. The minimum Gasteiger partial charge on any atom is -0.507 e. The number of para-hydroxylation sites is 1. The summed E-state index contributed by atoms with van der Waals surface area (Å²) in [6.45, 7) is 0. The number of hydrogen-bond acceptors (Lipinski definition) is 6. The van der Waals surface area contributed by atoms with E-state index in [1.54, 1.807) is 24.3 Å². The molecule has 1 fully saturated rings. The predicted octanol–water partition coefficient (Wildman–Crippen LogP) is 2.76. The molecule has 0 saturated heterocycles. The molecule has 1 heterocycles. The Balaban J connectivity index is 1.75. The van der Waals surface area contributed by atoms with Crippen LogP contribution in [0.25, 0.3) is 11.3 Å². The Kier molecular flexibility index (Phi) is 5.37. The van der Waals surface area contributed by atoms with Gasteiger partial charge >= 0.3 is 5.97 Å². The monoisotopic (exact) mass is 351 g/mol. The van der Waals surface area contributed by atoms with Crippen LogP contribution in [-0.2, 0) is 9.53 Å². The van der Waals surface area contributed by atoms with E-state index in [4.69, 9.17) is 10.5 Å². The molecule has 1 aliphatic carbocycles. The van der Waals surface area contributed by atoms with Gasteiger partial charge in [-0.05, 0) is 43.9 Å². The summed E-state index contributed by atoms with van der Waals surface area (Å²) >= 11 is 0. The van der Waals surface area contributed by atoms with E-state index in [0.717, 1.165) is 25.7 Å². The number of nitrogens with zero attached hydrogens (tertiary/aromatic N) is 2. The van der Waals surface area contributed by atoms with Gasteiger partial charge in [0.2, 0.25) is 0 Å². The van der Waals surface area contributed by atoms with Crippen LogP contribution in [0.2, 0.25) is 0 Å². The molecule has 0 bridgehead atoms. The first-order valence-corrected chi connectivity index (χ1v) is 8.59. The van der Waals surface area contributed by atoms with Crippen molar-refractivity contribution < 1.29 is 14.6 Å². The molecule has 1 aliphatic rings. The predicted molar refractivity (Wildman–Crippen MR) is 97.9 cm³/mol. The van der Waals surface area contributed by atoms with Crippen LogP contribution < -0.4 is 5.73 Å². The molecular weight excluding hydrogens is 330 g/mol. The largest absolute Gasteiger partial charge is 0.507 e. The fraction of sp³-hybridized carbons (Fsp3) is 0.350. The van der Waals surface area contributed by atoms with Crippen molar-refractivity contribution in [2.24, 2.45) is 11.8 Å². The Labute approximate surface area is 152 Å². The lowest BCUT2D eigenvalue weighted by Gasteiger charge is -2.23. The molecule has 6 heteroatoms. The van der Waals surface area contributed by atoms with Crippen LogP contribution in [-0.4, -0.2) is 28.4 Å². The minimum atomic E-state index is -0.133. The number of benzene rings is 1. The third-order valence-corrected chi connectivity index (χ3v) is 4.68. The second-order valence-corrected chi connectivity index (χ2v) is 6.39. The quantitative estimate of drug-likeness (QED) is 0.638. The van der Waals surface area contributed by atoms with Crippen LogP contribution in [0.3, 0.4) is 0 Å². The summed E-state index contributed by atoms with van der Waals surface area (Å²) in [4.78, 5) is 11.6. The van der Waals surface area contributed by atoms with Gasteiger partial charge < -0.3 is 15.6 Å².